The number of methoxy groups -OCH3 is 1. The van der Waals surface area contributed by atoms with Crippen LogP contribution < -0.4 is 9.64 Å². The van der Waals surface area contributed by atoms with E-state index in [1.165, 1.54) is 11.3 Å². The summed E-state index contributed by atoms with van der Waals surface area (Å²) >= 11 is 3.07. The van der Waals surface area contributed by atoms with Crippen molar-refractivity contribution in [3.05, 3.63) is 65.1 Å². The van der Waals surface area contributed by atoms with Gasteiger partial charge >= 0.3 is 0 Å². The Morgan fingerprint density at radius 2 is 2.25 bits per heavy atom. The average Bonchev–Trinajstić information content (AvgIpc) is 3.47. The number of ether oxygens (including phenoxy) is 1. The number of hydrogen-bond donors (Lipinski definition) is 0. The van der Waals surface area contributed by atoms with Crippen LogP contribution in [0, 0.1) is 0 Å². The summed E-state index contributed by atoms with van der Waals surface area (Å²) in [5, 5.41) is 6.87. The molecule has 0 atom stereocenters. The Labute approximate surface area is 170 Å². The second kappa shape index (κ2) is 8.37. The number of hydrogen-bond acceptors (Lipinski definition) is 6. The molecule has 142 valence electrons. The van der Waals surface area contributed by atoms with E-state index < -0.39 is 0 Å². The van der Waals surface area contributed by atoms with Crippen molar-refractivity contribution in [3.63, 3.8) is 0 Å². The van der Waals surface area contributed by atoms with Crippen LogP contribution in [-0.4, -0.2) is 34.3 Å². The maximum Gasteiger partial charge on any atom is 0.252 e. The highest BCUT2D eigenvalue weighted by Crippen LogP contribution is 2.31. The van der Waals surface area contributed by atoms with Gasteiger partial charge in [0.2, 0.25) is 0 Å². The van der Waals surface area contributed by atoms with Gasteiger partial charge in [-0.2, -0.15) is 5.10 Å². The molecule has 0 radical (unpaired) electrons. The Morgan fingerprint density at radius 3 is 3.00 bits per heavy atom. The molecule has 0 unspecified atom stereocenters. The fourth-order valence-corrected chi connectivity index (χ4v) is 4.34. The van der Waals surface area contributed by atoms with Crippen LogP contribution in [0.1, 0.15) is 4.88 Å². The van der Waals surface area contributed by atoms with Crippen molar-refractivity contribution in [1.29, 1.82) is 0 Å². The van der Waals surface area contributed by atoms with Gasteiger partial charge in [0.1, 0.15) is 5.75 Å². The van der Waals surface area contributed by atoms with Gasteiger partial charge in [-0.25, -0.2) is 4.98 Å². The van der Waals surface area contributed by atoms with Crippen LogP contribution in [-0.2, 0) is 11.3 Å². The molecule has 0 saturated carbocycles. The number of rotatable bonds is 7. The molecule has 0 spiro atoms. The van der Waals surface area contributed by atoms with Gasteiger partial charge in [0.05, 0.1) is 23.9 Å². The van der Waals surface area contributed by atoms with Crippen molar-refractivity contribution in [1.82, 2.24) is 14.8 Å². The van der Waals surface area contributed by atoms with E-state index in [2.05, 4.69) is 10.1 Å². The summed E-state index contributed by atoms with van der Waals surface area (Å²) in [4.78, 5) is 20.3. The predicted octanol–water partition coefficient (Wildman–Crippen LogP) is 4.31. The summed E-state index contributed by atoms with van der Waals surface area (Å²) in [6, 6.07) is 11.5. The van der Waals surface area contributed by atoms with Crippen molar-refractivity contribution >= 4 is 50.0 Å². The number of fused-ring (bicyclic) bond motifs is 1. The third-order valence-corrected chi connectivity index (χ3v) is 6.01. The van der Waals surface area contributed by atoms with E-state index in [4.69, 9.17) is 4.74 Å². The topological polar surface area (TPSA) is 60.2 Å². The fraction of sp³-hybridized carbons (Fsp3) is 0.150. The van der Waals surface area contributed by atoms with Gasteiger partial charge < -0.3 is 4.74 Å². The molecule has 0 aliphatic heterocycles. The van der Waals surface area contributed by atoms with Gasteiger partial charge in [-0.15, -0.1) is 11.3 Å². The number of thiazole rings is 1. The van der Waals surface area contributed by atoms with Crippen molar-refractivity contribution in [2.75, 3.05) is 18.6 Å². The van der Waals surface area contributed by atoms with Gasteiger partial charge in [0.25, 0.3) is 5.91 Å². The Morgan fingerprint density at radius 1 is 1.32 bits per heavy atom. The summed E-state index contributed by atoms with van der Waals surface area (Å²) in [6.07, 6.45) is 7.05. The lowest BCUT2D eigenvalue weighted by Crippen LogP contribution is -2.32. The van der Waals surface area contributed by atoms with E-state index in [-0.39, 0.29) is 5.91 Å². The number of aromatic nitrogens is 3. The molecule has 0 aliphatic rings. The maximum absolute atomic E-state index is 13.0. The molecule has 0 N–H and O–H groups in total. The SMILES string of the molecule is COc1ccc2nc(N(CCn3cccn3)C(=O)/C=C/c3cccs3)sc2c1. The van der Waals surface area contributed by atoms with Crippen molar-refractivity contribution in [2.45, 2.75) is 6.54 Å². The van der Waals surface area contributed by atoms with Crippen LogP contribution in [0.5, 0.6) is 5.75 Å². The minimum absolute atomic E-state index is 0.105. The normalized spacial score (nSPS) is 11.3. The molecule has 0 fully saturated rings. The van der Waals surface area contributed by atoms with Crippen LogP contribution in [0.2, 0.25) is 0 Å². The Hall–Kier alpha value is -2.97. The molecule has 6 nitrogen and oxygen atoms in total. The number of thiophene rings is 1. The predicted molar refractivity (Wildman–Crippen MR) is 114 cm³/mol. The first-order valence-corrected chi connectivity index (χ1v) is 10.4. The molecule has 4 aromatic rings. The van der Waals surface area contributed by atoms with Crippen LogP contribution in [0.25, 0.3) is 16.3 Å². The first-order valence-electron chi connectivity index (χ1n) is 8.68. The largest absolute Gasteiger partial charge is 0.497 e. The summed E-state index contributed by atoms with van der Waals surface area (Å²) < 4.78 is 8.08. The van der Waals surface area contributed by atoms with E-state index in [0.29, 0.717) is 18.2 Å². The maximum atomic E-state index is 13.0. The molecule has 1 aromatic carbocycles. The summed E-state index contributed by atoms with van der Waals surface area (Å²) in [5.41, 5.74) is 0.847. The van der Waals surface area contributed by atoms with Crippen LogP contribution in [0.4, 0.5) is 5.13 Å². The Kier molecular flexibility index (Phi) is 5.50. The molecule has 1 amide bonds. The van der Waals surface area contributed by atoms with Crippen molar-refractivity contribution in [3.8, 4) is 5.75 Å². The van der Waals surface area contributed by atoms with E-state index in [1.807, 2.05) is 54.1 Å². The molecule has 28 heavy (non-hydrogen) atoms. The molecule has 0 aliphatic carbocycles. The quantitative estimate of drug-likeness (QED) is 0.426. The molecular weight excluding hydrogens is 392 g/mol. The lowest BCUT2D eigenvalue weighted by Gasteiger charge is -2.18. The Balaban J connectivity index is 1.62. The van der Waals surface area contributed by atoms with Gasteiger partial charge in [0, 0.05) is 29.9 Å². The minimum Gasteiger partial charge on any atom is -0.497 e. The zero-order valence-corrected chi connectivity index (χ0v) is 16.8. The van der Waals surface area contributed by atoms with Gasteiger partial charge in [-0.05, 0) is 41.8 Å². The zero-order chi connectivity index (χ0) is 19.3. The average molecular weight is 411 g/mol. The number of anilines is 1. The summed E-state index contributed by atoms with van der Waals surface area (Å²) in [5.74, 6) is 0.668. The smallest absolute Gasteiger partial charge is 0.252 e. The molecule has 3 aromatic heterocycles. The number of amides is 1. The number of carbonyl (C=O) groups is 1. The van der Waals surface area contributed by atoms with Gasteiger partial charge in [-0.1, -0.05) is 17.4 Å². The van der Waals surface area contributed by atoms with Crippen LogP contribution in [0.15, 0.2) is 60.2 Å². The first kappa shape index (κ1) is 18.4. The molecule has 3 heterocycles. The van der Waals surface area contributed by atoms with Crippen LogP contribution >= 0.6 is 22.7 Å². The second-order valence-electron chi connectivity index (χ2n) is 5.94. The van der Waals surface area contributed by atoms with Crippen molar-refractivity contribution < 1.29 is 9.53 Å². The highest BCUT2D eigenvalue weighted by atomic mass is 32.1. The molecule has 8 heteroatoms. The zero-order valence-electron chi connectivity index (χ0n) is 15.2. The van der Waals surface area contributed by atoms with Gasteiger partial charge in [-0.3, -0.25) is 14.4 Å². The standard InChI is InChI=1S/C20H18N4O2S2/c1-26-15-5-7-17-18(14-15)28-20(22-17)24(12-11-23-10-3-9-21-23)19(25)8-6-16-4-2-13-27-16/h2-10,13-14H,11-12H2,1H3/b8-6+. The molecular formula is C20H18N4O2S2. The molecule has 4 rings (SSSR count). The minimum atomic E-state index is -0.105. The summed E-state index contributed by atoms with van der Waals surface area (Å²) in [7, 11) is 1.64. The fourth-order valence-electron chi connectivity index (χ4n) is 2.70. The monoisotopic (exact) mass is 410 g/mol. The third-order valence-electron chi connectivity index (χ3n) is 4.13. The summed E-state index contributed by atoms with van der Waals surface area (Å²) in [6.45, 7) is 1.07. The van der Waals surface area contributed by atoms with E-state index in [0.717, 1.165) is 20.8 Å². The third kappa shape index (κ3) is 4.13. The van der Waals surface area contributed by atoms with Gasteiger partial charge in [0.15, 0.2) is 5.13 Å². The lowest BCUT2D eigenvalue weighted by molar-refractivity contribution is -0.114. The second-order valence-corrected chi connectivity index (χ2v) is 7.93. The van der Waals surface area contributed by atoms with E-state index in [9.17, 15) is 4.79 Å². The van der Waals surface area contributed by atoms with E-state index in [1.54, 1.807) is 40.3 Å². The first-order chi connectivity index (χ1) is 13.7. The lowest BCUT2D eigenvalue weighted by atomic mass is 10.3. The number of carbonyl (C=O) groups excluding carboxylic acids is 1. The highest BCUT2D eigenvalue weighted by Gasteiger charge is 2.18. The van der Waals surface area contributed by atoms with Crippen molar-refractivity contribution in [2.24, 2.45) is 0 Å². The molecule has 0 bridgehead atoms. The highest BCUT2D eigenvalue weighted by molar-refractivity contribution is 7.22. The Bertz CT molecular complexity index is 1090. The number of nitrogens with zero attached hydrogens (tertiary/aromatic N) is 4. The number of benzene rings is 1. The molecule has 0 saturated heterocycles. The van der Waals surface area contributed by atoms with E-state index >= 15 is 0 Å². The van der Waals surface area contributed by atoms with Crippen LogP contribution in [0.3, 0.4) is 0 Å².